The molecular weight excluding hydrogens is 164 g/mol. The highest BCUT2D eigenvalue weighted by Gasteiger charge is 2.18. The van der Waals surface area contributed by atoms with Crippen molar-refractivity contribution in [2.24, 2.45) is 0 Å². The van der Waals surface area contributed by atoms with Gasteiger partial charge in [0, 0.05) is 17.3 Å². The molecule has 1 aliphatic heterocycles. The molecular formula is C7H10OS2. The Bertz CT molecular complexity index is 139. The minimum atomic E-state index is 0.191. The maximum Gasteiger partial charge on any atom is 0.168 e. The van der Waals surface area contributed by atoms with Crippen LogP contribution >= 0.6 is 23.5 Å². The summed E-state index contributed by atoms with van der Waals surface area (Å²) in [4.78, 5) is 11.0. The van der Waals surface area contributed by atoms with Gasteiger partial charge in [0.1, 0.15) is 0 Å². The summed E-state index contributed by atoms with van der Waals surface area (Å²) < 4.78 is 0. The lowest BCUT2D eigenvalue weighted by Gasteiger charge is -2.17. The second kappa shape index (κ2) is 4.09. The molecule has 0 aromatic heterocycles. The van der Waals surface area contributed by atoms with E-state index in [1.807, 2.05) is 11.8 Å². The topological polar surface area (TPSA) is 17.1 Å². The molecule has 1 atom stereocenters. The smallest absolute Gasteiger partial charge is 0.168 e. The first-order valence-corrected chi connectivity index (χ1v) is 5.40. The maximum absolute atomic E-state index is 11.0. The number of hydrogen-bond acceptors (Lipinski definition) is 3. The monoisotopic (exact) mass is 174 g/mol. The zero-order valence-corrected chi connectivity index (χ0v) is 7.34. The molecule has 1 fully saturated rings. The van der Waals surface area contributed by atoms with Crippen molar-refractivity contribution in [3.63, 3.8) is 0 Å². The Labute approximate surface area is 69.6 Å². The van der Waals surface area contributed by atoms with E-state index in [0.29, 0.717) is 0 Å². The second-order valence-corrected chi connectivity index (χ2v) is 4.50. The van der Waals surface area contributed by atoms with E-state index in [4.69, 9.17) is 0 Å². The highest BCUT2D eigenvalue weighted by Crippen LogP contribution is 2.24. The third-order valence-corrected chi connectivity index (χ3v) is 4.11. The van der Waals surface area contributed by atoms with Crippen LogP contribution in [0.1, 0.15) is 0 Å². The third-order valence-electron chi connectivity index (χ3n) is 1.33. The lowest BCUT2D eigenvalue weighted by atomic mass is 10.3. The lowest BCUT2D eigenvalue weighted by Crippen LogP contribution is -2.22. The predicted octanol–water partition coefficient (Wildman–Crippen LogP) is 1.59. The van der Waals surface area contributed by atoms with Crippen LogP contribution in [0.2, 0.25) is 0 Å². The molecule has 0 spiro atoms. The van der Waals surface area contributed by atoms with Crippen molar-refractivity contribution in [2.45, 2.75) is 5.25 Å². The van der Waals surface area contributed by atoms with E-state index in [1.165, 1.54) is 11.8 Å². The molecule has 0 bridgehead atoms. The van der Waals surface area contributed by atoms with Gasteiger partial charge in [-0.2, -0.15) is 11.8 Å². The quantitative estimate of drug-likeness (QED) is 0.592. The maximum atomic E-state index is 11.0. The molecule has 1 heterocycles. The third kappa shape index (κ3) is 2.06. The Morgan fingerprint density at radius 3 is 2.90 bits per heavy atom. The first kappa shape index (κ1) is 8.21. The fraction of sp³-hybridized carbons (Fsp3) is 0.571. The number of allylic oxidation sites excluding steroid dienone is 1. The van der Waals surface area contributed by atoms with Crippen molar-refractivity contribution in [1.82, 2.24) is 0 Å². The van der Waals surface area contributed by atoms with E-state index in [2.05, 4.69) is 6.58 Å². The zero-order chi connectivity index (χ0) is 7.40. The van der Waals surface area contributed by atoms with E-state index < -0.39 is 0 Å². The summed E-state index contributed by atoms with van der Waals surface area (Å²) in [6.07, 6.45) is 1.43. The molecule has 1 saturated heterocycles. The Morgan fingerprint density at radius 1 is 1.60 bits per heavy atom. The molecule has 0 aromatic carbocycles. The van der Waals surface area contributed by atoms with Gasteiger partial charge in [-0.3, -0.25) is 4.79 Å². The van der Waals surface area contributed by atoms with Crippen LogP contribution in [0.4, 0.5) is 0 Å². The average molecular weight is 174 g/mol. The van der Waals surface area contributed by atoms with E-state index in [1.54, 1.807) is 11.8 Å². The summed E-state index contributed by atoms with van der Waals surface area (Å²) in [7, 11) is 0. The van der Waals surface area contributed by atoms with Gasteiger partial charge in [-0.1, -0.05) is 6.58 Å². The van der Waals surface area contributed by atoms with Crippen LogP contribution in [0.25, 0.3) is 0 Å². The molecule has 0 aromatic rings. The Balaban J connectivity index is 2.38. The molecule has 0 N–H and O–H groups in total. The van der Waals surface area contributed by atoms with Crippen LogP contribution in [0, 0.1) is 0 Å². The Morgan fingerprint density at radius 2 is 2.40 bits per heavy atom. The van der Waals surface area contributed by atoms with Crippen molar-refractivity contribution < 1.29 is 4.79 Å². The highest BCUT2D eigenvalue weighted by atomic mass is 32.2. The van der Waals surface area contributed by atoms with Gasteiger partial charge in [0.25, 0.3) is 0 Å². The summed E-state index contributed by atoms with van der Waals surface area (Å²) in [6.45, 7) is 3.46. The molecule has 3 heteroatoms. The van der Waals surface area contributed by atoms with Gasteiger partial charge in [-0.25, -0.2) is 0 Å². The molecule has 0 saturated carbocycles. The van der Waals surface area contributed by atoms with Crippen LogP contribution in [-0.4, -0.2) is 28.3 Å². The minimum absolute atomic E-state index is 0.191. The zero-order valence-electron chi connectivity index (χ0n) is 5.71. The number of thioether (sulfide) groups is 2. The number of carbonyl (C=O) groups excluding carboxylic acids is 1. The van der Waals surface area contributed by atoms with Gasteiger partial charge in [-0.15, -0.1) is 11.8 Å². The summed E-state index contributed by atoms with van der Waals surface area (Å²) in [5.74, 6) is 3.45. The van der Waals surface area contributed by atoms with Gasteiger partial charge in [0.2, 0.25) is 0 Å². The first-order chi connectivity index (χ1) is 4.84. The van der Waals surface area contributed by atoms with Crippen molar-refractivity contribution in [1.29, 1.82) is 0 Å². The largest absolute Gasteiger partial charge is 0.294 e. The van der Waals surface area contributed by atoms with Crippen molar-refractivity contribution in [3.8, 4) is 0 Å². The first-order valence-electron chi connectivity index (χ1n) is 3.20. The number of ketones is 1. The van der Waals surface area contributed by atoms with Crippen molar-refractivity contribution in [3.05, 3.63) is 12.7 Å². The van der Waals surface area contributed by atoms with Crippen molar-refractivity contribution >= 4 is 29.3 Å². The molecule has 1 rings (SSSR count). The lowest BCUT2D eigenvalue weighted by molar-refractivity contribution is -0.113. The van der Waals surface area contributed by atoms with Crippen LogP contribution < -0.4 is 0 Å². The van der Waals surface area contributed by atoms with E-state index in [9.17, 15) is 4.79 Å². The molecule has 0 amide bonds. The molecule has 1 nitrogen and oxygen atoms in total. The van der Waals surface area contributed by atoms with Gasteiger partial charge in [0.15, 0.2) is 5.78 Å². The second-order valence-electron chi connectivity index (χ2n) is 2.04. The van der Waals surface area contributed by atoms with Gasteiger partial charge in [0.05, 0.1) is 5.25 Å². The fourth-order valence-electron chi connectivity index (χ4n) is 0.783. The van der Waals surface area contributed by atoms with Crippen molar-refractivity contribution in [2.75, 3.05) is 17.3 Å². The summed E-state index contributed by atoms with van der Waals surface area (Å²) in [5, 5.41) is 0.191. The summed E-state index contributed by atoms with van der Waals surface area (Å²) in [5.41, 5.74) is 0. The van der Waals surface area contributed by atoms with Gasteiger partial charge >= 0.3 is 0 Å². The van der Waals surface area contributed by atoms with Crippen LogP contribution in [-0.2, 0) is 4.79 Å². The van der Waals surface area contributed by atoms with Gasteiger partial charge in [-0.05, 0) is 6.08 Å². The SMILES string of the molecule is C=CC(=O)C1CSCCS1. The number of hydrogen-bond donors (Lipinski definition) is 0. The minimum Gasteiger partial charge on any atom is -0.294 e. The van der Waals surface area contributed by atoms with Crippen LogP contribution in [0.3, 0.4) is 0 Å². The molecule has 1 aliphatic rings. The number of rotatable bonds is 2. The summed E-state index contributed by atoms with van der Waals surface area (Å²) >= 11 is 3.61. The molecule has 56 valence electrons. The molecule has 10 heavy (non-hydrogen) atoms. The molecule has 1 unspecified atom stereocenters. The Kier molecular flexibility index (Phi) is 3.35. The van der Waals surface area contributed by atoms with Gasteiger partial charge < -0.3 is 0 Å². The van der Waals surface area contributed by atoms with E-state index in [-0.39, 0.29) is 11.0 Å². The van der Waals surface area contributed by atoms with Crippen LogP contribution in [0.15, 0.2) is 12.7 Å². The summed E-state index contributed by atoms with van der Waals surface area (Å²) in [6, 6.07) is 0. The van der Waals surface area contributed by atoms with Crippen LogP contribution in [0.5, 0.6) is 0 Å². The molecule has 0 radical (unpaired) electrons. The molecule has 0 aliphatic carbocycles. The average Bonchev–Trinajstić information content (AvgIpc) is 2.05. The fourth-order valence-corrected chi connectivity index (χ4v) is 3.40. The predicted molar refractivity (Wildman–Crippen MR) is 48.8 cm³/mol. The van der Waals surface area contributed by atoms with E-state index in [0.717, 1.165) is 11.5 Å². The number of carbonyl (C=O) groups is 1. The Hall–Kier alpha value is 0.110. The standard InChI is InChI=1S/C7H10OS2/c1-2-6(8)7-5-9-3-4-10-7/h2,7H,1,3-5H2. The highest BCUT2D eigenvalue weighted by molar-refractivity contribution is 8.07. The normalized spacial score (nSPS) is 25.8. The van der Waals surface area contributed by atoms with E-state index >= 15 is 0 Å².